The first-order valence-corrected chi connectivity index (χ1v) is 7.66. The maximum atomic E-state index is 5.66. The average Bonchev–Trinajstić information content (AvgIpc) is 2.80. The first-order chi connectivity index (χ1) is 10.1. The van der Waals surface area contributed by atoms with Gasteiger partial charge in [-0.1, -0.05) is 0 Å². The number of aromatic nitrogens is 1. The van der Waals surface area contributed by atoms with E-state index in [1.807, 2.05) is 20.9 Å². The third-order valence-electron chi connectivity index (χ3n) is 4.16. The van der Waals surface area contributed by atoms with Gasteiger partial charge < -0.3 is 15.1 Å². The molecule has 0 saturated carbocycles. The maximum absolute atomic E-state index is 5.66. The molecule has 6 heteroatoms. The van der Waals surface area contributed by atoms with Gasteiger partial charge in [0.2, 0.25) is 5.89 Å². The molecule has 1 fully saturated rings. The average molecular weight is 293 g/mol. The van der Waals surface area contributed by atoms with Crippen LogP contribution in [0.15, 0.2) is 9.41 Å². The Balaban J connectivity index is 1.73. The highest BCUT2D eigenvalue weighted by molar-refractivity contribution is 5.79. The number of aryl methyl sites for hydroxylation is 2. The van der Waals surface area contributed by atoms with Crippen LogP contribution in [0.3, 0.4) is 0 Å². The SMILES string of the molecule is CN=C(NC)NCC1CCN(Cc2nc(C)c(C)o2)CC1. The molecular formula is C15H27N5O. The van der Waals surface area contributed by atoms with Gasteiger partial charge in [0, 0.05) is 20.6 Å². The summed E-state index contributed by atoms with van der Waals surface area (Å²) < 4.78 is 5.66. The largest absolute Gasteiger partial charge is 0.444 e. The van der Waals surface area contributed by atoms with E-state index in [1.165, 1.54) is 12.8 Å². The van der Waals surface area contributed by atoms with E-state index in [4.69, 9.17) is 4.42 Å². The van der Waals surface area contributed by atoms with Crippen LogP contribution in [0.2, 0.25) is 0 Å². The van der Waals surface area contributed by atoms with E-state index in [0.717, 1.165) is 49.5 Å². The summed E-state index contributed by atoms with van der Waals surface area (Å²) in [5.41, 5.74) is 1.00. The van der Waals surface area contributed by atoms with E-state index in [0.29, 0.717) is 5.92 Å². The van der Waals surface area contributed by atoms with Gasteiger partial charge in [0.1, 0.15) is 5.76 Å². The molecule has 6 nitrogen and oxygen atoms in total. The fraction of sp³-hybridized carbons (Fsp3) is 0.733. The van der Waals surface area contributed by atoms with Gasteiger partial charge in [-0.3, -0.25) is 9.89 Å². The van der Waals surface area contributed by atoms with Crippen molar-refractivity contribution in [2.75, 3.05) is 33.7 Å². The second-order valence-corrected chi connectivity index (χ2v) is 5.67. The third kappa shape index (κ3) is 4.46. The maximum Gasteiger partial charge on any atom is 0.208 e. The van der Waals surface area contributed by atoms with Crippen molar-refractivity contribution in [2.45, 2.75) is 33.2 Å². The van der Waals surface area contributed by atoms with Gasteiger partial charge in [-0.15, -0.1) is 0 Å². The zero-order valence-corrected chi connectivity index (χ0v) is 13.6. The molecule has 2 rings (SSSR count). The molecule has 0 radical (unpaired) electrons. The van der Waals surface area contributed by atoms with Gasteiger partial charge in [-0.05, 0) is 45.7 Å². The molecule has 1 saturated heterocycles. The summed E-state index contributed by atoms with van der Waals surface area (Å²) in [6, 6.07) is 0. The van der Waals surface area contributed by atoms with Crippen LogP contribution in [0, 0.1) is 19.8 Å². The molecule has 1 aliphatic rings. The summed E-state index contributed by atoms with van der Waals surface area (Å²) >= 11 is 0. The lowest BCUT2D eigenvalue weighted by molar-refractivity contribution is 0.164. The van der Waals surface area contributed by atoms with Crippen molar-refractivity contribution in [3.05, 3.63) is 17.3 Å². The summed E-state index contributed by atoms with van der Waals surface area (Å²) in [7, 11) is 3.68. The molecule has 0 aliphatic carbocycles. The highest BCUT2D eigenvalue weighted by atomic mass is 16.4. The lowest BCUT2D eigenvalue weighted by Gasteiger charge is -2.31. The minimum absolute atomic E-state index is 0.708. The Labute approximate surface area is 127 Å². The summed E-state index contributed by atoms with van der Waals surface area (Å²) in [5.74, 6) is 3.35. The zero-order valence-electron chi connectivity index (χ0n) is 13.6. The molecule has 1 aromatic rings. The quantitative estimate of drug-likeness (QED) is 0.647. The van der Waals surface area contributed by atoms with Crippen LogP contribution in [-0.4, -0.2) is 49.6 Å². The van der Waals surface area contributed by atoms with Crippen molar-refractivity contribution in [2.24, 2.45) is 10.9 Å². The van der Waals surface area contributed by atoms with Crippen LogP contribution in [0.25, 0.3) is 0 Å². The van der Waals surface area contributed by atoms with Gasteiger partial charge in [-0.25, -0.2) is 4.98 Å². The van der Waals surface area contributed by atoms with Gasteiger partial charge in [0.15, 0.2) is 5.96 Å². The molecule has 1 aliphatic heterocycles. The van der Waals surface area contributed by atoms with Crippen LogP contribution in [0.5, 0.6) is 0 Å². The van der Waals surface area contributed by atoms with Crippen molar-refractivity contribution >= 4 is 5.96 Å². The molecule has 0 spiro atoms. The van der Waals surface area contributed by atoms with Crippen LogP contribution >= 0.6 is 0 Å². The fourth-order valence-corrected chi connectivity index (χ4v) is 2.67. The van der Waals surface area contributed by atoms with Crippen molar-refractivity contribution < 1.29 is 4.42 Å². The number of aliphatic imine (C=N–C) groups is 1. The number of hydrogen-bond acceptors (Lipinski definition) is 4. The topological polar surface area (TPSA) is 65.7 Å². The molecule has 118 valence electrons. The first-order valence-electron chi connectivity index (χ1n) is 7.66. The summed E-state index contributed by atoms with van der Waals surface area (Å²) in [4.78, 5) is 11.0. The van der Waals surface area contributed by atoms with Gasteiger partial charge in [0.25, 0.3) is 0 Å². The number of piperidine rings is 1. The molecule has 0 amide bonds. The smallest absolute Gasteiger partial charge is 0.208 e. The summed E-state index contributed by atoms with van der Waals surface area (Å²) in [6.45, 7) is 7.98. The van der Waals surface area contributed by atoms with E-state index in [1.54, 1.807) is 7.05 Å². The predicted octanol–water partition coefficient (Wildman–Crippen LogP) is 1.30. The number of rotatable bonds is 4. The Morgan fingerprint density at radius 3 is 2.62 bits per heavy atom. The van der Waals surface area contributed by atoms with Crippen molar-refractivity contribution in [3.63, 3.8) is 0 Å². The Morgan fingerprint density at radius 1 is 1.38 bits per heavy atom. The highest BCUT2D eigenvalue weighted by Crippen LogP contribution is 2.19. The fourth-order valence-electron chi connectivity index (χ4n) is 2.67. The second kappa shape index (κ2) is 7.45. The molecule has 1 aromatic heterocycles. The minimum atomic E-state index is 0.708. The second-order valence-electron chi connectivity index (χ2n) is 5.67. The Kier molecular flexibility index (Phi) is 5.61. The van der Waals surface area contributed by atoms with E-state index in [2.05, 4.69) is 25.5 Å². The summed E-state index contributed by atoms with van der Waals surface area (Å²) in [5, 5.41) is 6.40. The molecule has 21 heavy (non-hydrogen) atoms. The van der Waals surface area contributed by atoms with E-state index in [9.17, 15) is 0 Å². The molecule has 2 heterocycles. The normalized spacial score (nSPS) is 18.0. The zero-order chi connectivity index (χ0) is 15.2. The number of likely N-dealkylation sites (tertiary alicyclic amines) is 1. The lowest BCUT2D eigenvalue weighted by Crippen LogP contribution is -2.41. The van der Waals surface area contributed by atoms with Crippen LogP contribution in [0.4, 0.5) is 0 Å². The lowest BCUT2D eigenvalue weighted by atomic mass is 9.97. The van der Waals surface area contributed by atoms with Gasteiger partial charge in [0.05, 0.1) is 12.2 Å². The minimum Gasteiger partial charge on any atom is -0.444 e. The molecule has 0 bridgehead atoms. The predicted molar refractivity (Wildman–Crippen MR) is 84.4 cm³/mol. The standard InChI is InChI=1S/C15H27N5O/c1-11-12(2)21-14(19-11)10-20-7-5-13(6-8-20)9-18-15(16-3)17-4/h13H,5-10H2,1-4H3,(H2,16,17,18). The number of nitrogens with zero attached hydrogens (tertiary/aromatic N) is 3. The van der Waals surface area contributed by atoms with E-state index in [-0.39, 0.29) is 0 Å². The number of nitrogens with one attached hydrogen (secondary N) is 2. The molecule has 0 atom stereocenters. The number of oxazole rings is 1. The van der Waals surface area contributed by atoms with Crippen LogP contribution in [0.1, 0.15) is 30.2 Å². The van der Waals surface area contributed by atoms with Crippen LogP contribution < -0.4 is 10.6 Å². The number of guanidine groups is 1. The van der Waals surface area contributed by atoms with Gasteiger partial charge >= 0.3 is 0 Å². The van der Waals surface area contributed by atoms with Gasteiger partial charge in [-0.2, -0.15) is 0 Å². The number of hydrogen-bond donors (Lipinski definition) is 2. The van der Waals surface area contributed by atoms with Crippen molar-refractivity contribution in [1.82, 2.24) is 20.5 Å². The molecular weight excluding hydrogens is 266 g/mol. The third-order valence-corrected chi connectivity index (χ3v) is 4.16. The molecule has 2 N–H and O–H groups in total. The molecule has 0 unspecified atom stereocenters. The monoisotopic (exact) mass is 293 g/mol. The molecule has 0 aromatic carbocycles. The van der Waals surface area contributed by atoms with Crippen LogP contribution in [-0.2, 0) is 6.54 Å². The Bertz CT molecular complexity index is 455. The first kappa shape index (κ1) is 15.8. The Hall–Kier alpha value is -1.56. The van der Waals surface area contributed by atoms with E-state index < -0.39 is 0 Å². The highest BCUT2D eigenvalue weighted by Gasteiger charge is 2.20. The summed E-state index contributed by atoms with van der Waals surface area (Å²) in [6.07, 6.45) is 2.40. The van der Waals surface area contributed by atoms with Crippen molar-refractivity contribution in [3.8, 4) is 0 Å². The van der Waals surface area contributed by atoms with E-state index >= 15 is 0 Å². The van der Waals surface area contributed by atoms with Crippen molar-refractivity contribution in [1.29, 1.82) is 0 Å². The Morgan fingerprint density at radius 2 is 2.10 bits per heavy atom.